The molecule has 0 spiro atoms. The molecule has 1 unspecified atom stereocenters. The van der Waals surface area contributed by atoms with Crippen LogP contribution in [0.3, 0.4) is 0 Å². The number of anilines is 1. The molecule has 622 valence electrons. The van der Waals surface area contributed by atoms with Crippen LogP contribution >= 0.6 is 0 Å². The fourth-order valence-corrected chi connectivity index (χ4v) is 23.1. The Labute approximate surface area is 694 Å². The van der Waals surface area contributed by atoms with Gasteiger partial charge < -0.3 is 9.64 Å². The summed E-state index contributed by atoms with van der Waals surface area (Å²) < 4.78 is 148. The van der Waals surface area contributed by atoms with Gasteiger partial charge in [0.2, 0.25) is 16.0 Å². The Bertz CT molecular complexity index is 6360. The molecule has 6 aliphatic carbocycles. The number of likely N-dealkylation sites (tertiary alicyclic amines) is 1. The smallest absolute Gasteiger partial charge is 0.252 e. The number of pyridine rings is 2. The first-order chi connectivity index (χ1) is 57.8. The summed E-state index contributed by atoms with van der Waals surface area (Å²) in [5, 5.41) is 35.9. The van der Waals surface area contributed by atoms with Gasteiger partial charge in [-0.05, 0) is 200 Å². The number of aromatic nitrogens is 18. The molecule has 6 bridgehead atoms. The molecule has 7 atom stereocenters. The Morgan fingerprint density at radius 2 is 0.983 bits per heavy atom. The molecule has 11 heterocycles. The fraction of sp³-hybridized carbons (Fsp3) is 0.386. The van der Waals surface area contributed by atoms with Gasteiger partial charge in [-0.3, -0.25) is 9.71 Å². The number of nitrogens with zero attached hydrogens (tertiary/aromatic N) is 19. The number of fused-ring (bicyclic) bond motifs is 15. The maximum atomic E-state index is 14.6. The second-order valence-corrected chi connectivity index (χ2v) is 38.7. The van der Waals surface area contributed by atoms with Gasteiger partial charge in [-0.15, -0.1) is 25.5 Å². The zero-order chi connectivity index (χ0) is 84.9. The first-order valence-corrected chi connectivity index (χ1v) is 43.9. The molecule has 20 rings (SSSR count). The van der Waals surface area contributed by atoms with E-state index in [1.54, 1.807) is 35.4 Å². The minimum Gasteiger partial charge on any atom is -0.379 e. The van der Waals surface area contributed by atoms with Crippen LogP contribution in [-0.4, -0.2) is 150 Å². The first kappa shape index (κ1) is 80.5. The van der Waals surface area contributed by atoms with E-state index in [1.165, 1.54) is 84.9 Å². The lowest BCUT2D eigenvalue weighted by molar-refractivity contribution is -0.0663. The molecule has 2 aliphatic heterocycles. The Balaban J connectivity index is 0.000000125. The number of nitrogens with one attached hydrogen (secondary N) is 1. The van der Waals surface area contributed by atoms with Crippen molar-refractivity contribution >= 4 is 25.8 Å². The molecule has 8 aliphatic rings. The van der Waals surface area contributed by atoms with E-state index in [0.29, 0.717) is 36.2 Å². The number of rotatable bonds is 18. The van der Waals surface area contributed by atoms with Crippen molar-refractivity contribution in [2.45, 2.75) is 164 Å². The summed E-state index contributed by atoms with van der Waals surface area (Å²) in [6.07, 6.45) is 15.5. The number of sulfonamides is 1. The summed E-state index contributed by atoms with van der Waals surface area (Å²) in [6, 6.07) is 30.0. The molecule has 3 saturated carbocycles. The quantitative estimate of drug-likeness (QED) is 0.0780. The van der Waals surface area contributed by atoms with Crippen LogP contribution in [0, 0.1) is 51.1 Å². The largest absolute Gasteiger partial charge is 0.379 e. The summed E-state index contributed by atoms with van der Waals surface area (Å²) in [4.78, 5) is 38.6. The van der Waals surface area contributed by atoms with E-state index in [-0.39, 0.29) is 108 Å². The molecule has 3 aromatic carbocycles. The van der Waals surface area contributed by atoms with E-state index < -0.39 is 71.0 Å². The lowest BCUT2D eigenvalue weighted by Crippen LogP contribution is -2.47. The van der Waals surface area contributed by atoms with Gasteiger partial charge >= 0.3 is 0 Å². The van der Waals surface area contributed by atoms with Gasteiger partial charge in [-0.1, -0.05) is 85.4 Å². The summed E-state index contributed by atoms with van der Waals surface area (Å²) in [5.41, 5.74) is 7.35. The molecular formula is C88H86F6N20O5S2. The molecule has 0 amide bonds. The third-order valence-corrected chi connectivity index (χ3v) is 30.6. The van der Waals surface area contributed by atoms with E-state index in [9.17, 15) is 43.2 Å². The minimum atomic E-state index is -3.49. The van der Waals surface area contributed by atoms with Crippen molar-refractivity contribution in [1.29, 1.82) is 0 Å². The number of sulfone groups is 1. The normalized spacial score (nSPS) is 23.1. The van der Waals surface area contributed by atoms with E-state index in [1.807, 2.05) is 54.4 Å². The van der Waals surface area contributed by atoms with Crippen LogP contribution in [0.5, 0.6) is 0 Å². The van der Waals surface area contributed by atoms with E-state index in [2.05, 4.69) is 120 Å². The van der Waals surface area contributed by atoms with Gasteiger partial charge in [0.1, 0.15) is 53.3 Å². The minimum absolute atomic E-state index is 0.00259. The highest BCUT2D eigenvalue weighted by Gasteiger charge is 2.68. The molecule has 12 aromatic rings. The molecule has 0 radical (unpaired) electrons. The topological polar surface area (TPSA) is 309 Å². The van der Waals surface area contributed by atoms with Crippen LogP contribution in [0.4, 0.5) is 32.3 Å². The van der Waals surface area contributed by atoms with Crippen LogP contribution < -0.4 is 4.72 Å². The van der Waals surface area contributed by atoms with Gasteiger partial charge in [-0.25, -0.2) is 82.7 Å². The van der Waals surface area contributed by atoms with Crippen molar-refractivity contribution in [3.63, 3.8) is 0 Å². The summed E-state index contributed by atoms with van der Waals surface area (Å²) in [6.45, 7) is 22.0. The Morgan fingerprint density at radius 3 is 1.44 bits per heavy atom. The number of allylic oxidation sites excluding steroid dienone is 1. The van der Waals surface area contributed by atoms with Crippen molar-refractivity contribution in [1.82, 2.24) is 94.9 Å². The third kappa shape index (κ3) is 12.7. The molecule has 33 heteroatoms. The number of ether oxygens (including phenoxy) is 1. The molecule has 25 nitrogen and oxygen atoms in total. The maximum absolute atomic E-state index is 14.6. The number of hydrogen-bond donors (Lipinski definition) is 1. The van der Waals surface area contributed by atoms with Gasteiger partial charge in [0.15, 0.2) is 27.3 Å². The standard InChI is InChI=1S/C32H33F2N7O2S.C28H27F2N7O.C28H26F2N6O2S/c1-19-11-12-20(40(19)4)16-44(42,43)17-27-35-18-41(39-27)28-10-6-9-26(36-28)32-14-13-22(31(32,2)3)21-15-25(37-38-30(21)32)29-23(33)7-5-8-24(29)34;1-4-27(13-38-14-27)24-32-15-37(36-24)25-31-11-9-21(33-25)28-10-8-17(26(28,2)3)16-12-20(34-35-23(16)28)22-18(29)6-5-7-19(22)30;1-4-39(37,38)36-26-31-14-16(15-32-26)21-9-6-10-23(33-21)28-12-11-18(27(28,2)3)17-13-22(34-35-25(17)28)24-19(29)7-5-8-20(24)30/h5-10,15,18,20,22H,1,11-14,16-17H2,2-4H3;5-7,9,11-12,15,17H,4,8,10,13-14H2,1-3H3;5-10,13-15,18H,4,11-12H2,1-3H3,(H,31,32,36)/t20?,22-,32-;17-,28-;18-,28-/m000/s1. The maximum Gasteiger partial charge on any atom is 0.252 e. The number of halogens is 6. The average molecular weight is 1680 g/mol. The highest BCUT2D eigenvalue weighted by atomic mass is 32.2. The average Bonchev–Trinajstić information content (AvgIpc) is 1.52. The first-order valence-electron chi connectivity index (χ1n) is 40.4. The zero-order valence-corrected chi connectivity index (χ0v) is 69.5. The van der Waals surface area contributed by atoms with Gasteiger partial charge in [0.25, 0.3) is 5.95 Å². The van der Waals surface area contributed by atoms with Crippen LogP contribution in [0.2, 0.25) is 0 Å². The van der Waals surface area contributed by atoms with Gasteiger partial charge in [-0.2, -0.15) is 20.0 Å². The lowest BCUT2D eigenvalue weighted by Gasteiger charge is -2.38. The highest BCUT2D eigenvalue weighted by Crippen LogP contribution is 2.72. The molecule has 2 saturated heterocycles. The van der Waals surface area contributed by atoms with Crippen molar-refractivity contribution in [2.24, 2.45) is 16.2 Å². The third-order valence-electron chi connectivity index (χ3n) is 27.8. The lowest BCUT2D eigenvalue weighted by atomic mass is 9.66. The summed E-state index contributed by atoms with van der Waals surface area (Å²) in [5.74, 6) is -2.06. The fourth-order valence-electron chi connectivity index (χ4n) is 20.9. The van der Waals surface area contributed by atoms with Gasteiger partial charge in [0.05, 0.1) is 120 Å². The second kappa shape index (κ2) is 29.4. The van der Waals surface area contributed by atoms with Crippen LogP contribution in [-0.2, 0) is 52.0 Å². The van der Waals surface area contributed by atoms with Crippen molar-refractivity contribution in [3.05, 3.63) is 256 Å². The van der Waals surface area contributed by atoms with Gasteiger partial charge in [0, 0.05) is 42.9 Å². The zero-order valence-electron chi connectivity index (χ0n) is 67.9. The Morgan fingerprint density at radius 1 is 0.521 bits per heavy atom. The highest BCUT2D eigenvalue weighted by molar-refractivity contribution is 7.92. The van der Waals surface area contributed by atoms with E-state index in [0.717, 1.165) is 120 Å². The number of hydrogen-bond acceptors (Lipinski definition) is 22. The summed E-state index contributed by atoms with van der Waals surface area (Å²) in [7, 11) is -5.06. The van der Waals surface area contributed by atoms with E-state index >= 15 is 0 Å². The monoisotopic (exact) mass is 1680 g/mol. The number of benzene rings is 3. The molecule has 121 heavy (non-hydrogen) atoms. The SMILES string of the molecule is C=C1CCC(CS(=O)(=O)Cc2ncn(-c3cccc([C@@]45CC[C@@H](c6cc(-c7c(F)cccc7F)nnc64)C5(C)C)n3)n2)N1C.CCC1(c2ncn(-c3nccc([C@@]45CC[C@@H](c6cc(-c7c(F)cccc7F)nnc64)C5(C)C)n3)n2)COC1.CCS(=O)(=O)Nc1ncc(-c2cccc([C@@]34CC[C@@H](c5cc(-c6c(F)cccc6F)nnc53)C4(C)C)n2)cn1. The molecule has 9 aromatic heterocycles. The van der Waals surface area contributed by atoms with Crippen molar-refractivity contribution in [3.8, 4) is 56.8 Å². The van der Waals surface area contributed by atoms with Crippen molar-refractivity contribution < 1.29 is 47.9 Å². The molecule has 1 N–H and O–H groups in total. The molecular weight excluding hydrogens is 1600 g/mol. The summed E-state index contributed by atoms with van der Waals surface area (Å²) >= 11 is 0. The van der Waals surface area contributed by atoms with Crippen molar-refractivity contribution in [2.75, 3.05) is 36.5 Å². The molecule has 5 fully saturated rings. The van der Waals surface area contributed by atoms with E-state index in [4.69, 9.17) is 24.8 Å². The van der Waals surface area contributed by atoms with Crippen LogP contribution in [0.15, 0.2) is 159 Å². The Kier molecular flexibility index (Phi) is 19.5. The predicted octanol–water partition coefficient (Wildman–Crippen LogP) is 15.0. The predicted molar refractivity (Wildman–Crippen MR) is 436 cm³/mol. The van der Waals surface area contributed by atoms with Crippen LogP contribution in [0.1, 0.15) is 193 Å². The Hall–Kier alpha value is -11.6. The second-order valence-electron chi connectivity index (χ2n) is 34.5. The van der Waals surface area contributed by atoms with Crippen LogP contribution in [0.25, 0.3) is 56.8 Å².